The molecule has 0 saturated heterocycles. The smallest absolute Gasteiger partial charge is 0.260 e. The van der Waals surface area contributed by atoms with Crippen LogP contribution in [0, 0.1) is 31.0 Å². The fourth-order valence-electron chi connectivity index (χ4n) is 3.20. The van der Waals surface area contributed by atoms with Gasteiger partial charge in [0.05, 0.1) is 11.4 Å². The molecule has 4 rings (SSSR count). The number of nitrogens with one attached hydrogen (secondary N) is 1. The van der Waals surface area contributed by atoms with Crippen molar-refractivity contribution in [1.29, 1.82) is 5.26 Å². The predicted molar refractivity (Wildman–Crippen MR) is 121 cm³/mol. The second-order valence-corrected chi connectivity index (χ2v) is 7.50. The molecule has 0 aliphatic rings. The van der Waals surface area contributed by atoms with Crippen LogP contribution in [0.1, 0.15) is 27.2 Å². The molecule has 4 aromatic rings. The Morgan fingerprint density at radius 2 is 1.94 bits per heavy atom. The van der Waals surface area contributed by atoms with Crippen molar-refractivity contribution < 1.29 is 13.9 Å². The number of hydrogen-bond acceptors (Lipinski definition) is 5. The number of aryl methyl sites for hydroxylation is 2. The molecule has 0 spiro atoms. The zero-order valence-electron chi connectivity index (χ0n) is 17.6. The zero-order chi connectivity index (χ0) is 23.5. The van der Waals surface area contributed by atoms with Gasteiger partial charge in [0.1, 0.15) is 33.9 Å². The summed E-state index contributed by atoms with van der Waals surface area (Å²) in [7, 11) is 0. The minimum absolute atomic E-state index is 0.119. The topological polar surface area (TPSA) is 92.8 Å². The number of benzene rings is 2. The average molecular weight is 462 g/mol. The number of nitrogens with zero attached hydrogens (tertiary/aromatic N) is 4. The second-order valence-electron chi connectivity index (χ2n) is 7.14. The highest BCUT2D eigenvalue weighted by Gasteiger charge is 2.22. The molecular weight excluding hydrogens is 445 g/mol. The summed E-state index contributed by atoms with van der Waals surface area (Å²) in [6, 6.07) is 16.0. The van der Waals surface area contributed by atoms with Gasteiger partial charge in [0.25, 0.3) is 5.91 Å². The number of carbonyl (C=O) groups excluding carboxylic acids is 1. The maximum Gasteiger partial charge on any atom is 0.260 e. The Morgan fingerprint density at radius 3 is 2.64 bits per heavy atom. The molecule has 2 heterocycles. The van der Waals surface area contributed by atoms with Gasteiger partial charge < -0.3 is 10.1 Å². The highest BCUT2D eigenvalue weighted by Crippen LogP contribution is 2.29. The lowest BCUT2D eigenvalue weighted by atomic mass is 10.1. The molecular formula is C24H17ClFN5O2. The highest BCUT2D eigenvalue weighted by molar-refractivity contribution is 6.34. The first-order chi connectivity index (χ1) is 15.9. The van der Waals surface area contributed by atoms with Crippen LogP contribution in [-0.4, -0.2) is 20.7 Å². The van der Waals surface area contributed by atoms with E-state index in [1.807, 2.05) is 13.0 Å². The predicted octanol–water partition coefficient (Wildman–Crippen LogP) is 5.59. The largest absolute Gasteiger partial charge is 0.438 e. The fourth-order valence-corrected chi connectivity index (χ4v) is 3.56. The summed E-state index contributed by atoms with van der Waals surface area (Å²) < 4.78 is 20.3. The van der Waals surface area contributed by atoms with E-state index in [4.69, 9.17) is 16.3 Å². The molecule has 0 atom stereocenters. The van der Waals surface area contributed by atoms with E-state index in [-0.39, 0.29) is 22.4 Å². The van der Waals surface area contributed by atoms with E-state index in [1.165, 1.54) is 35.1 Å². The van der Waals surface area contributed by atoms with Crippen LogP contribution in [0.3, 0.4) is 0 Å². The number of amides is 1. The van der Waals surface area contributed by atoms with Gasteiger partial charge in [0.15, 0.2) is 0 Å². The van der Waals surface area contributed by atoms with Gasteiger partial charge in [-0.1, -0.05) is 11.6 Å². The third-order valence-electron chi connectivity index (χ3n) is 4.85. The summed E-state index contributed by atoms with van der Waals surface area (Å²) >= 11 is 6.44. The number of halogens is 2. The van der Waals surface area contributed by atoms with Crippen molar-refractivity contribution in [3.05, 3.63) is 94.1 Å². The minimum Gasteiger partial charge on any atom is -0.438 e. The van der Waals surface area contributed by atoms with Crippen LogP contribution in [-0.2, 0) is 0 Å². The molecule has 0 saturated carbocycles. The highest BCUT2D eigenvalue weighted by atomic mass is 35.5. The van der Waals surface area contributed by atoms with Crippen LogP contribution in [0.5, 0.6) is 11.6 Å². The molecule has 1 amide bonds. The Kier molecular flexibility index (Phi) is 6.07. The number of anilines is 1. The maximum atomic E-state index is 13.2. The van der Waals surface area contributed by atoms with E-state index in [9.17, 15) is 14.4 Å². The minimum atomic E-state index is -0.431. The Bertz CT molecular complexity index is 1390. The monoisotopic (exact) mass is 461 g/mol. The number of aromatic nitrogens is 3. The summed E-state index contributed by atoms with van der Waals surface area (Å²) in [5.41, 5.74) is 2.78. The molecule has 2 aromatic carbocycles. The Morgan fingerprint density at radius 1 is 1.18 bits per heavy atom. The standard InChI is InChI=1S/C24H17ClFN5O2/c1-14-12-19(33-24-16(13-27)4-3-11-28-24)9-10-20(14)29-23(32)21-15(2)30-31(22(21)25)18-7-5-17(26)6-8-18/h3-12H,1-2H3,(H,29,32). The Balaban J connectivity index is 1.56. The van der Waals surface area contributed by atoms with Gasteiger partial charge in [0, 0.05) is 11.9 Å². The van der Waals surface area contributed by atoms with Gasteiger partial charge in [-0.15, -0.1) is 0 Å². The summed E-state index contributed by atoms with van der Waals surface area (Å²) in [5.74, 6) is -0.142. The van der Waals surface area contributed by atoms with Crippen molar-refractivity contribution in [3.63, 3.8) is 0 Å². The first-order valence-electron chi connectivity index (χ1n) is 9.83. The van der Waals surface area contributed by atoms with Crippen LogP contribution in [0.15, 0.2) is 60.8 Å². The van der Waals surface area contributed by atoms with Gasteiger partial charge in [-0.3, -0.25) is 4.79 Å². The SMILES string of the molecule is Cc1cc(Oc2ncccc2C#N)ccc1NC(=O)c1c(C)nn(-c2ccc(F)cc2)c1Cl. The molecule has 0 aliphatic carbocycles. The van der Waals surface area contributed by atoms with Crippen LogP contribution < -0.4 is 10.1 Å². The lowest BCUT2D eigenvalue weighted by molar-refractivity contribution is 0.102. The van der Waals surface area contributed by atoms with Crippen molar-refractivity contribution in [2.75, 3.05) is 5.32 Å². The van der Waals surface area contributed by atoms with Crippen molar-refractivity contribution in [2.24, 2.45) is 0 Å². The molecule has 0 unspecified atom stereocenters. The van der Waals surface area contributed by atoms with E-state index < -0.39 is 5.91 Å². The average Bonchev–Trinajstić information content (AvgIpc) is 3.10. The molecule has 7 nitrogen and oxygen atoms in total. The summed E-state index contributed by atoms with van der Waals surface area (Å²) in [6.45, 7) is 3.48. The first-order valence-corrected chi connectivity index (χ1v) is 10.2. The summed E-state index contributed by atoms with van der Waals surface area (Å²) in [5, 5.41) is 16.5. The molecule has 0 aliphatic heterocycles. The van der Waals surface area contributed by atoms with Gasteiger partial charge in [0.2, 0.25) is 5.88 Å². The number of hydrogen-bond donors (Lipinski definition) is 1. The number of ether oxygens (including phenoxy) is 1. The quantitative estimate of drug-likeness (QED) is 0.418. The van der Waals surface area contributed by atoms with Crippen molar-refractivity contribution >= 4 is 23.2 Å². The molecule has 2 aromatic heterocycles. The fraction of sp³-hybridized carbons (Fsp3) is 0.0833. The first kappa shape index (κ1) is 22.0. The van der Waals surface area contributed by atoms with Crippen LogP contribution in [0.25, 0.3) is 5.69 Å². The number of nitriles is 1. The number of carbonyl (C=O) groups is 1. The third kappa shape index (κ3) is 4.54. The van der Waals surface area contributed by atoms with E-state index in [2.05, 4.69) is 15.4 Å². The molecule has 33 heavy (non-hydrogen) atoms. The lowest BCUT2D eigenvalue weighted by Gasteiger charge is -2.11. The van der Waals surface area contributed by atoms with E-state index in [0.717, 1.165) is 5.56 Å². The van der Waals surface area contributed by atoms with Gasteiger partial charge in [-0.25, -0.2) is 14.1 Å². The normalized spacial score (nSPS) is 10.5. The van der Waals surface area contributed by atoms with Crippen LogP contribution in [0.2, 0.25) is 5.15 Å². The Hall–Kier alpha value is -4.22. The van der Waals surface area contributed by atoms with E-state index >= 15 is 0 Å². The molecule has 1 N–H and O–H groups in total. The van der Waals surface area contributed by atoms with Crippen molar-refractivity contribution in [1.82, 2.24) is 14.8 Å². The number of pyridine rings is 1. The van der Waals surface area contributed by atoms with Crippen LogP contribution in [0.4, 0.5) is 10.1 Å². The molecule has 0 bridgehead atoms. The van der Waals surface area contributed by atoms with Crippen molar-refractivity contribution in [3.8, 4) is 23.4 Å². The molecule has 0 fully saturated rings. The zero-order valence-corrected chi connectivity index (χ0v) is 18.4. The summed E-state index contributed by atoms with van der Waals surface area (Å²) in [4.78, 5) is 17.1. The Labute approximate surface area is 194 Å². The van der Waals surface area contributed by atoms with E-state index in [0.29, 0.717) is 28.4 Å². The summed E-state index contributed by atoms with van der Waals surface area (Å²) in [6.07, 6.45) is 1.54. The third-order valence-corrected chi connectivity index (χ3v) is 5.20. The molecule has 164 valence electrons. The van der Waals surface area contributed by atoms with E-state index in [1.54, 1.807) is 37.3 Å². The molecule has 0 radical (unpaired) electrons. The van der Waals surface area contributed by atoms with Crippen LogP contribution >= 0.6 is 11.6 Å². The van der Waals surface area contributed by atoms with Gasteiger partial charge in [-0.2, -0.15) is 10.4 Å². The molecule has 9 heteroatoms. The maximum absolute atomic E-state index is 13.2. The lowest BCUT2D eigenvalue weighted by Crippen LogP contribution is -2.14. The second kappa shape index (κ2) is 9.10. The van der Waals surface area contributed by atoms with Gasteiger partial charge >= 0.3 is 0 Å². The number of rotatable bonds is 5. The van der Waals surface area contributed by atoms with Crippen molar-refractivity contribution in [2.45, 2.75) is 13.8 Å². The van der Waals surface area contributed by atoms with Gasteiger partial charge in [-0.05, 0) is 74.0 Å².